The molecule has 0 saturated carbocycles. The first kappa shape index (κ1) is 22.6. The predicted octanol–water partition coefficient (Wildman–Crippen LogP) is 2.21. The zero-order chi connectivity index (χ0) is 22.4. The molecular formula is C22H25F2N3O4. The van der Waals surface area contributed by atoms with Gasteiger partial charge in [-0.1, -0.05) is 12.1 Å². The topological polar surface area (TPSA) is 79.9 Å². The van der Waals surface area contributed by atoms with Crippen molar-refractivity contribution in [2.75, 3.05) is 45.7 Å². The second-order valence-corrected chi connectivity index (χ2v) is 7.28. The molecule has 0 radical (unpaired) electrons. The number of anilines is 1. The maximum atomic E-state index is 14.2. The lowest BCUT2D eigenvalue weighted by Crippen LogP contribution is -2.46. The Morgan fingerprint density at radius 1 is 1.23 bits per heavy atom. The van der Waals surface area contributed by atoms with E-state index in [0.29, 0.717) is 37.9 Å². The van der Waals surface area contributed by atoms with Crippen LogP contribution in [0, 0.1) is 11.6 Å². The molecule has 2 N–H and O–H groups in total. The van der Waals surface area contributed by atoms with Crippen LogP contribution in [0.3, 0.4) is 0 Å². The van der Waals surface area contributed by atoms with Gasteiger partial charge in [-0.15, -0.1) is 0 Å². The van der Waals surface area contributed by atoms with Gasteiger partial charge in [0.1, 0.15) is 23.5 Å². The third-order valence-electron chi connectivity index (χ3n) is 4.95. The van der Waals surface area contributed by atoms with E-state index >= 15 is 0 Å². The summed E-state index contributed by atoms with van der Waals surface area (Å²) >= 11 is 0. The largest absolute Gasteiger partial charge is 0.497 e. The highest BCUT2D eigenvalue weighted by molar-refractivity contribution is 5.98. The zero-order valence-electron chi connectivity index (χ0n) is 17.4. The van der Waals surface area contributed by atoms with Crippen molar-refractivity contribution in [1.29, 1.82) is 0 Å². The van der Waals surface area contributed by atoms with Gasteiger partial charge in [0.15, 0.2) is 0 Å². The van der Waals surface area contributed by atoms with Gasteiger partial charge in [0.2, 0.25) is 0 Å². The smallest absolute Gasteiger partial charge is 0.254 e. The van der Waals surface area contributed by atoms with Crippen molar-refractivity contribution >= 4 is 17.5 Å². The molecule has 0 bridgehead atoms. The van der Waals surface area contributed by atoms with Crippen molar-refractivity contribution in [2.24, 2.45) is 0 Å². The monoisotopic (exact) mass is 433 g/mol. The minimum absolute atomic E-state index is 0.243. The summed E-state index contributed by atoms with van der Waals surface area (Å²) in [5.74, 6) is -2.54. The molecule has 166 valence electrons. The number of hydrogen-bond acceptors (Lipinski definition) is 5. The van der Waals surface area contributed by atoms with Gasteiger partial charge in [-0.25, -0.2) is 8.78 Å². The summed E-state index contributed by atoms with van der Waals surface area (Å²) in [6, 6.07) is 8.94. The molecular weight excluding hydrogens is 408 g/mol. The molecule has 31 heavy (non-hydrogen) atoms. The van der Waals surface area contributed by atoms with E-state index < -0.39 is 29.6 Å². The van der Waals surface area contributed by atoms with Crippen LogP contribution in [-0.4, -0.2) is 63.2 Å². The van der Waals surface area contributed by atoms with Crippen LogP contribution in [0.2, 0.25) is 0 Å². The highest BCUT2D eigenvalue weighted by atomic mass is 19.1. The van der Waals surface area contributed by atoms with Gasteiger partial charge >= 0.3 is 0 Å². The lowest BCUT2D eigenvalue weighted by atomic mass is 10.1. The summed E-state index contributed by atoms with van der Waals surface area (Å²) in [4.78, 5) is 26.7. The Kier molecular flexibility index (Phi) is 7.54. The highest BCUT2D eigenvalue weighted by Crippen LogP contribution is 2.21. The van der Waals surface area contributed by atoms with E-state index in [-0.39, 0.29) is 17.8 Å². The Morgan fingerprint density at radius 3 is 2.77 bits per heavy atom. The minimum Gasteiger partial charge on any atom is -0.497 e. The standard InChI is InChI=1S/C22H25F2N3O4/c1-27-8-9-31-20(13-27)22(29)26-19-11-16(17(23)12-18(19)24)21(28)25-7-6-14-4-3-5-15(10-14)30-2/h3-5,10-12,20H,6-9,13H2,1-2H3,(H,25,28)(H,26,29). The molecule has 7 nitrogen and oxygen atoms in total. The predicted molar refractivity (Wildman–Crippen MR) is 111 cm³/mol. The Balaban J connectivity index is 1.63. The number of ether oxygens (including phenoxy) is 2. The van der Waals surface area contributed by atoms with Gasteiger partial charge in [-0.2, -0.15) is 0 Å². The number of nitrogens with zero attached hydrogens (tertiary/aromatic N) is 1. The average Bonchev–Trinajstić information content (AvgIpc) is 2.75. The SMILES string of the molecule is COc1cccc(CCNC(=O)c2cc(NC(=O)C3CN(C)CCO3)c(F)cc2F)c1. The van der Waals surface area contributed by atoms with E-state index in [1.54, 1.807) is 7.11 Å². The molecule has 1 atom stereocenters. The lowest BCUT2D eigenvalue weighted by Gasteiger charge is -2.29. The molecule has 1 fully saturated rings. The molecule has 0 aliphatic carbocycles. The van der Waals surface area contributed by atoms with Crippen molar-refractivity contribution in [3.63, 3.8) is 0 Å². The number of nitrogens with one attached hydrogen (secondary N) is 2. The fourth-order valence-electron chi connectivity index (χ4n) is 3.21. The number of carbonyl (C=O) groups excluding carboxylic acids is 2. The minimum atomic E-state index is -1.01. The zero-order valence-corrected chi connectivity index (χ0v) is 17.4. The van der Waals surface area contributed by atoms with E-state index in [4.69, 9.17) is 9.47 Å². The van der Waals surface area contributed by atoms with Crippen molar-refractivity contribution in [1.82, 2.24) is 10.2 Å². The number of morpholine rings is 1. The molecule has 1 heterocycles. The second kappa shape index (κ2) is 10.3. The first-order chi connectivity index (χ1) is 14.9. The summed E-state index contributed by atoms with van der Waals surface area (Å²) in [6.45, 7) is 1.66. The van der Waals surface area contributed by atoms with Crippen LogP contribution in [0.4, 0.5) is 14.5 Å². The highest BCUT2D eigenvalue weighted by Gasteiger charge is 2.26. The number of benzene rings is 2. The van der Waals surface area contributed by atoms with Crippen LogP contribution in [0.15, 0.2) is 36.4 Å². The number of carbonyl (C=O) groups is 2. The second-order valence-electron chi connectivity index (χ2n) is 7.28. The van der Waals surface area contributed by atoms with Gasteiger partial charge in [-0.3, -0.25) is 9.59 Å². The summed E-state index contributed by atoms with van der Waals surface area (Å²) in [7, 11) is 3.41. The summed E-state index contributed by atoms with van der Waals surface area (Å²) in [6.07, 6.45) is -0.273. The van der Waals surface area contributed by atoms with Gasteiger partial charge in [0.05, 0.1) is 25.0 Å². The van der Waals surface area contributed by atoms with Crippen LogP contribution >= 0.6 is 0 Å². The molecule has 9 heteroatoms. The molecule has 3 rings (SSSR count). The van der Waals surface area contributed by atoms with Crippen LogP contribution in [-0.2, 0) is 16.0 Å². The average molecular weight is 433 g/mol. The maximum absolute atomic E-state index is 14.2. The van der Waals surface area contributed by atoms with E-state index in [1.165, 1.54) is 0 Å². The third-order valence-corrected chi connectivity index (χ3v) is 4.95. The molecule has 0 aromatic heterocycles. The molecule has 2 aromatic rings. The Bertz CT molecular complexity index is 954. The van der Waals surface area contributed by atoms with Crippen molar-refractivity contribution in [3.8, 4) is 5.75 Å². The Labute approximate surface area is 179 Å². The number of hydrogen-bond donors (Lipinski definition) is 2. The van der Waals surface area contributed by atoms with Gasteiger partial charge in [-0.05, 0) is 37.2 Å². The number of halogens is 2. The van der Waals surface area contributed by atoms with E-state index in [9.17, 15) is 18.4 Å². The number of rotatable bonds is 7. The van der Waals surface area contributed by atoms with Crippen LogP contribution in [0.1, 0.15) is 15.9 Å². The van der Waals surface area contributed by atoms with Gasteiger partial charge in [0, 0.05) is 25.7 Å². The summed E-state index contributed by atoms with van der Waals surface area (Å²) in [5, 5.41) is 5.00. The quantitative estimate of drug-likeness (QED) is 0.700. The number of methoxy groups -OCH3 is 1. The summed E-state index contributed by atoms with van der Waals surface area (Å²) < 4.78 is 39.0. The fraction of sp³-hybridized carbons (Fsp3) is 0.364. The molecule has 1 aliphatic rings. The molecule has 1 aliphatic heterocycles. The fourth-order valence-corrected chi connectivity index (χ4v) is 3.21. The molecule has 2 aromatic carbocycles. The molecule has 1 unspecified atom stereocenters. The third kappa shape index (κ3) is 5.99. The van der Waals surface area contributed by atoms with Crippen molar-refractivity contribution in [2.45, 2.75) is 12.5 Å². The van der Waals surface area contributed by atoms with Gasteiger partial charge < -0.3 is 25.0 Å². The van der Waals surface area contributed by atoms with E-state index in [1.807, 2.05) is 36.2 Å². The Morgan fingerprint density at radius 2 is 2.03 bits per heavy atom. The number of likely N-dealkylation sites (N-methyl/N-ethyl adjacent to an activating group) is 1. The molecule has 2 amide bonds. The number of amides is 2. The summed E-state index contributed by atoms with van der Waals surface area (Å²) in [5.41, 5.74) is 0.301. The van der Waals surface area contributed by atoms with E-state index in [0.717, 1.165) is 11.6 Å². The lowest BCUT2D eigenvalue weighted by molar-refractivity contribution is -0.132. The van der Waals surface area contributed by atoms with Crippen LogP contribution in [0.5, 0.6) is 5.75 Å². The van der Waals surface area contributed by atoms with E-state index in [2.05, 4.69) is 10.6 Å². The first-order valence-electron chi connectivity index (χ1n) is 9.88. The Hall–Kier alpha value is -3.04. The molecule has 0 spiro atoms. The van der Waals surface area contributed by atoms with Crippen molar-refractivity contribution in [3.05, 3.63) is 59.2 Å². The van der Waals surface area contributed by atoms with Gasteiger partial charge in [0.25, 0.3) is 11.8 Å². The van der Waals surface area contributed by atoms with Crippen LogP contribution < -0.4 is 15.4 Å². The first-order valence-corrected chi connectivity index (χ1v) is 9.88. The maximum Gasteiger partial charge on any atom is 0.254 e. The van der Waals surface area contributed by atoms with Crippen molar-refractivity contribution < 1.29 is 27.8 Å². The molecule has 1 saturated heterocycles. The normalized spacial score (nSPS) is 16.6. The van der Waals surface area contributed by atoms with Crippen LogP contribution in [0.25, 0.3) is 0 Å².